The summed E-state index contributed by atoms with van der Waals surface area (Å²) in [5.74, 6) is 0.566. The summed E-state index contributed by atoms with van der Waals surface area (Å²) in [7, 11) is -3.07. The van der Waals surface area contributed by atoms with Gasteiger partial charge < -0.3 is 8.85 Å². The van der Waals surface area contributed by atoms with Crippen LogP contribution in [0.3, 0.4) is 0 Å². The van der Waals surface area contributed by atoms with Crippen LogP contribution in [0.1, 0.15) is 39.0 Å². The van der Waals surface area contributed by atoms with Gasteiger partial charge in [0, 0.05) is 29.1 Å². The minimum absolute atomic E-state index is 0.0379. The minimum Gasteiger partial charge on any atom is -0.514 e. The van der Waals surface area contributed by atoms with Gasteiger partial charge in [0.1, 0.15) is 5.75 Å². The molecule has 0 fully saturated rings. The van der Waals surface area contributed by atoms with Crippen molar-refractivity contribution in [1.82, 2.24) is 0 Å². The first-order valence-electron chi connectivity index (χ1n) is 10.8. The molecule has 3 rings (SSSR count). The first-order valence-corrected chi connectivity index (χ1v) is 12.7. The molecule has 0 aromatic heterocycles. The van der Waals surface area contributed by atoms with E-state index in [4.69, 9.17) is 8.85 Å². The molecule has 0 unspecified atom stereocenters. The van der Waals surface area contributed by atoms with Crippen molar-refractivity contribution in [2.75, 3.05) is 6.61 Å². The van der Waals surface area contributed by atoms with Crippen LogP contribution < -0.4 is 14.8 Å². The van der Waals surface area contributed by atoms with Crippen LogP contribution in [0.15, 0.2) is 84.9 Å². The fourth-order valence-corrected chi connectivity index (χ4v) is 6.64. The van der Waals surface area contributed by atoms with Crippen molar-refractivity contribution in [3.05, 3.63) is 95.0 Å². The van der Waals surface area contributed by atoms with Gasteiger partial charge in [0.05, 0.1) is 4.92 Å². The van der Waals surface area contributed by atoms with E-state index in [1.54, 1.807) is 12.1 Å². The summed E-state index contributed by atoms with van der Waals surface area (Å²) >= 11 is 0. The van der Waals surface area contributed by atoms with Crippen molar-refractivity contribution in [3.63, 3.8) is 0 Å². The van der Waals surface area contributed by atoms with Crippen molar-refractivity contribution in [2.45, 2.75) is 39.0 Å². The molecule has 3 aromatic rings. The molecule has 6 heteroatoms. The lowest BCUT2D eigenvalue weighted by molar-refractivity contribution is -0.384. The first kappa shape index (κ1) is 22.7. The van der Waals surface area contributed by atoms with Crippen molar-refractivity contribution in [1.29, 1.82) is 0 Å². The average Bonchev–Trinajstić information content (AvgIpc) is 2.82. The predicted molar refractivity (Wildman–Crippen MR) is 126 cm³/mol. The summed E-state index contributed by atoms with van der Waals surface area (Å²) in [5, 5.41) is 13.1. The van der Waals surface area contributed by atoms with Crippen molar-refractivity contribution < 1.29 is 13.8 Å². The first-order chi connectivity index (χ1) is 15.2. The van der Waals surface area contributed by atoms with Gasteiger partial charge in [0.25, 0.3) is 5.69 Å². The molecule has 0 spiro atoms. The molecular formula is C25H29NO4Si. The minimum atomic E-state index is -3.07. The van der Waals surface area contributed by atoms with Gasteiger partial charge >= 0.3 is 8.56 Å². The molecule has 0 atom stereocenters. The van der Waals surface area contributed by atoms with E-state index in [0.717, 1.165) is 23.2 Å². The number of nitro groups is 1. The van der Waals surface area contributed by atoms with E-state index in [1.165, 1.54) is 31.4 Å². The Morgan fingerprint density at radius 3 is 1.84 bits per heavy atom. The van der Waals surface area contributed by atoms with E-state index in [1.807, 2.05) is 60.7 Å². The molecule has 3 aromatic carbocycles. The van der Waals surface area contributed by atoms with Gasteiger partial charge in [-0.05, 0) is 18.6 Å². The third-order valence-corrected chi connectivity index (χ3v) is 8.49. The molecule has 0 aliphatic rings. The highest BCUT2D eigenvalue weighted by molar-refractivity contribution is 6.93. The van der Waals surface area contributed by atoms with Crippen LogP contribution in [0.4, 0.5) is 5.69 Å². The molecule has 162 valence electrons. The van der Waals surface area contributed by atoms with E-state index < -0.39 is 13.5 Å². The topological polar surface area (TPSA) is 61.6 Å². The van der Waals surface area contributed by atoms with Crippen LogP contribution in [0, 0.1) is 10.1 Å². The third-order valence-electron chi connectivity index (χ3n) is 5.17. The lowest BCUT2D eigenvalue weighted by Crippen LogP contribution is -2.66. The molecule has 0 aliphatic heterocycles. The standard InChI is InChI=1S/C25H29NO4Si/c1-2-3-4-5-12-21-29-31(24-13-8-6-9-14-24,25-15-10-7-11-16-25)30-23-19-17-22(18-20-23)26(27)28/h6-11,13-20H,2-5,12,21H2,1H3. The number of unbranched alkanes of at least 4 members (excludes halogenated alkanes) is 4. The Hall–Kier alpha value is -2.96. The zero-order valence-corrected chi connectivity index (χ0v) is 18.9. The van der Waals surface area contributed by atoms with Crippen molar-refractivity contribution in [3.8, 4) is 5.75 Å². The number of hydrogen-bond donors (Lipinski definition) is 0. The van der Waals surface area contributed by atoms with Gasteiger partial charge in [-0.1, -0.05) is 93.3 Å². The summed E-state index contributed by atoms with van der Waals surface area (Å²) in [5.41, 5.74) is 0.0379. The van der Waals surface area contributed by atoms with Gasteiger partial charge in [-0.2, -0.15) is 0 Å². The molecule has 0 bridgehead atoms. The Morgan fingerprint density at radius 1 is 0.774 bits per heavy atom. The normalized spacial score (nSPS) is 11.3. The Morgan fingerprint density at radius 2 is 1.32 bits per heavy atom. The van der Waals surface area contributed by atoms with Crippen LogP contribution in [0.5, 0.6) is 5.75 Å². The van der Waals surface area contributed by atoms with E-state index in [9.17, 15) is 10.1 Å². The number of non-ortho nitro benzene ring substituents is 1. The summed E-state index contributed by atoms with van der Waals surface area (Å²) in [4.78, 5) is 10.6. The van der Waals surface area contributed by atoms with Crippen LogP contribution in [0.2, 0.25) is 0 Å². The monoisotopic (exact) mass is 435 g/mol. The molecule has 5 nitrogen and oxygen atoms in total. The largest absolute Gasteiger partial charge is 0.514 e. The maximum absolute atomic E-state index is 11.0. The lowest BCUT2D eigenvalue weighted by Gasteiger charge is -2.32. The van der Waals surface area contributed by atoms with Crippen molar-refractivity contribution >= 4 is 24.6 Å². The third kappa shape index (κ3) is 6.03. The van der Waals surface area contributed by atoms with E-state index in [0.29, 0.717) is 12.4 Å². The summed E-state index contributed by atoms with van der Waals surface area (Å²) in [6.07, 6.45) is 5.74. The van der Waals surface area contributed by atoms with E-state index in [-0.39, 0.29) is 5.69 Å². The SMILES string of the molecule is CCCCCCCO[Si](Oc1ccc([N+](=O)[O-])cc1)(c1ccccc1)c1ccccc1. The molecule has 0 heterocycles. The summed E-state index contributed by atoms with van der Waals surface area (Å²) in [6.45, 7) is 2.81. The van der Waals surface area contributed by atoms with Crippen LogP contribution in [-0.2, 0) is 4.43 Å². The number of hydrogen-bond acceptors (Lipinski definition) is 4. The molecule has 0 saturated heterocycles. The van der Waals surface area contributed by atoms with Gasteiger partial charge in [-0.25, -0.2) is 0 Å². The molecule has 0 aliphatic carbocycles. The quantitative estimate of drug-likeness (QED) is 0.169. The van der Waals surface area contributed by atoms with Gasteiger partial charge in [-0.3, -0.25) is 10.1 Å². The highest BCUT2D eigenvalue weighted by Crippen LogP contribution is 2.22. The smallest absolute Gasteiger partial charge is 0.468 e. The Labute approximate surface area is 185 Å². The zero-order valence-electron chi connectivity index (χ0n) is 17.9. The molecule has 0 saturated carbocycles. The Kier molecular flexibility index (Phi) is 8.38. The maximum atomic E-state index is 11.0. The molecule has 0 radical (unpaired) electrons. The number of nitro benzene ring substituents is 1. The van der Waals surface area contributed by atoms with E-state index in [2.05, 4.69) is 6.92 Å². The number of rotatable bonds is 12. The van der Waals surface area contributed by atoms with Crippen LogP contribution in [0.25, 0.3) is 0 Å². The van der Waals surface area contributed by atoms with Crippen LogP contribution in [-0.4, -0.2) is 20.1 Å². The second kappa shape index (κ2) is 11.4. The highest BCUT2D eigenvalue weighted by atomic mass is 28.4. The number of nitrogens with zero attached hydrogens (tertiary/aromatic N) is 1. The molecule has 31 heavy (non-hydrogen) atoms. The molecular weight excluding hydrogens is 406 g/mol. The summed E-state index contributed by atoms with van der Waals surface area (Å²) in [6, 6.07) is 26.3. The second-order valence-corrected chi connectivity index (χ2v) is 10.3. The second-order valence-electron chi connectivity index (χ2n) is 7.46. The van der Waals surface area contributed by atoms with Gasteiger partial charge in [0.2, 0.25) is 0 Å². The maximum Gasteiger partial charge on any atom is 0.468 e. The van der Waals surface area contributed by atoms with Crippen molar-refractivity contribution in [2.24, 2.45) is 0 Å². The fraction of sp³-hybridized carbons (Fsp3) is 0.280. The Balaban J connectivity index is 1.94. The number of benzene rings is 3. The predicted octanol–water partition coefficient (Wildman–Crippen LogP) is 5.22. The van der Waals surface area contributed by atoms with Crippen LogP contribution >= 0.6 is 0 Å². The van der Waals surface area contributed by atoms with Gasteiger partial charge in [0.15, 0.2) is 0 Å². The average molecular weight is 436 g/mol. The molecule has 0 amide bonds. The lowest BCUT2D eigenvalue weighted by atomic mass is 10.2. The molecule has 0 N–H and O–H groups in total. The Bertz CT molecular complexity index is 893. The zero-order chi connectivity index (χ0) is 21.9. The van der Waals surface area contributed by atoms with Gasteiger partial charge in [-0.15, -0.1) is 0 Å². The fourth-order valence-electron chi connectivity index (χ4n) is 3.52. The summed E-state index contributed by atoms with van der Waals surface area (Å²) < 4.78 is 13.3. The van der Waals surface area contributed by atoms with E-state index >= 15 is 0 Å². The highest BCUT2D eigenvalue weighted by Gasteiger charge is 2.45.